The van der Waals surface area contributed by atoms with Crippen molar-refractivity contribution in [3.63, 3.8) is 0 Å². The van der Waals surface area contributed by atoms with Gasteiger partial charge in [0, 0.05) is 6.42 Å². The fourth-order valence-electron chi connectivity index (χ4n) is 2.82. The van der Waals surface area contributed by atoms with Crippen LogP contribution in [0.3, 0.4) is 0 Å². The van der Waals surface area contributed by atoms with Gasteiger partial charge in [0.25, 0.3) is 0 Å². The van der Waals surface area contributed by atoms with Crippen molar-refractivity contribution >= 4 is 11.8 Å². The normalized spacial score (nSPS) is 35.5. The van der Waals surface area contributed by atoms with Gasteiger partial charge in [0.05, 0.1) is 5.92 Å². The van der Waals surface area contributed by atoms with Crippen LogP contribution in [0.25, 0.3) is 0 Å². The summed E-state index contributed by atoms with van der Waals surface area (Å²) >= 11 is 0. The molecule has 2 fully saturated rings. The van der Waals surface area contributed by atoms with Gasteiger partial charge in [0.15, 0.2) is 0 Å². The lowest BCUT2D eigenvalue weighted by Gasteiger charge is -2.38. The number of esters is 1. The van der Waals surface area contributed by atoms with Crippen LogP contribution < -0.4 is 0 Å². The van der Waals surface area contributed by atoms with Crippen molar-refractivity contribution in [1.29, 1.82) is 0 Å². The Balaban J connectivity index is 1.98. The second kappa shape index (κ2) is 4.33. The number of hydrogen-bond donors (Lipinski definition) is 0. The summed E-state index contributed by atoms with van der Waals surface area (Å²) in [6.45, 7) is 1.54. The van der Waals surface area contributed by atoms with Crippen molar-refractivity contribution in [3.8, 4) is 0 Å². The van der Waals surface area contributed by atoms with Gasteiger partial charge in [-0.05, 0) is 38.5 Å². The van der Waals surface area contributed by atoms with Gasteiger partial charge in [-0.1, -0.05) is 6.42 Å². The Labute approximate surface area is 90.2 Å². The smallest absolute Gasteiger partial charge is 0.309 e. The average Bonchev–Trinajstić information content (AvgIpc) is 2.18. The lowest BCUT2D eigenvalue weighted by atomic mass is 9.77. The third-order valence-corrected chi connectivity index (χ3v) is 3.56. The molecule has 1 heterocycles. The minimum absolute atomic E-state index is 0.0891. The van der Waals surface area contributed by atoms with Crippen LogP contribution in [0, 0.1) is 11.8 Å². The third kappa shape index (κ3) is 2.39. The first-order valence-corrected chi connectivity index (χ1v) is 5.86. The van der Waals surface area contributed by atoms with Gasteiger partial charge in [-0.3, -0.25) is 4.79 Å². The molecule has 1 aliphatic carbocycles. The van der Waals surface area contributed by atoms with Gasteiger partial charge in [-0.2, -0.15) is 0 Å². The highest BCUT2D eigenvalue weighted by Gasteiger charge is 2.38. The predicted octanol–water partition coefficient (Wildman–Crippen LogP) is 2.09. The zero-order valence-corrected chi connectivity index (χ0v) is 9.20. The molecule has 1 saturated heterocycles. The minimum atomic E-state index is -0.165. The van der Waals surface area contributed by atoms with E-state index in [2.05, 4.69) is 0 Å². The molecule has 3 atom stereocenters. The molecule has 0 radical (unpaired) electrons. The third-order valence-electron chi connectivity index (χ3n) is 3.56. The molecule has 0 aromatic heterocycles. The second-order valence-electron chi connectivity index (χ2n) is 4.86. The molecule has 3 nitrogen and oxygen atoms in total. The highest BCUT2D eigenvalue weighted by Crippen LogP contribution is 2.37. The first-order valence-electron chi connectivity index (χ1n) is 5.86. The Kier molecular flexibility index (Phi) is 3.08. The van der Waals surface area contributed by atoms with Crippen LogP contribution in [0.2, 0.25) is 0 Å². The number of carbonyl (C=O) groups excluding carboxylic acids is 2. The Morgan fingerprint density at radius 1 is 1.40 bits per heavy atom. The van der Waals surface area contributed by atoms with Crippen LogP contribution in [-0.2, 0) is 14.3 Å². The maximum absolute atomic E-state index is 11.6. The van der Waals surface area contributed by atoms with Crippen LogP contribution >= 0.6 is 0 Å². The van der Waals surface area contributed by atoms with Gasteiger partial charge in [0.1, 0.15) is 11.9 Å². The molecule has 0 N–H and O–H groups in total. The Morgan fingerprint density at radius 2 is 2.13 bits per heavy atom. The zero-order chi connectivity index (χ0) is 10.8. The standard InChI is InChI=1S/C12H18O3/c1-8(13)6-10-7-9-4-2-3-5-11(9)15-12(10)14/h9-11H,2-7H2,1H3/t9-,10?,11-/m0/s1. The molecule has 0 spiro atoms. The number of ether oxygens (including phenoxy) is 1. The SMILES string of the molecule is CC(=O)CC1C[C@@H]2CCCC[C@@H]2OC1=O. The number of ketones is 1. The van der Waals surface area contributed by atoms with Gasteiger partial charge >= 0.3 is 5.97 Å². The van der Waals surface area contributed by atoms with Crippen molar-refractivity contribution in [2.75, 3.05) is 0 Å². The Hall–Kier alpha value is -0.860. The van der Waals surface area contributed by atoms with Crippen molar-refractivity contribution in [3.05, 3.63) is 0 Å². The molecule has 2 rings (SSSR count). The lowest BCUT2D eigenvalue weighted by Crippen LogP contribution is -2.40. The van der Waals surface area contributed by atoms with Crippen molar-refractivity contribution < 1.29 is 14.3 Å². The molecule has 0 bridgehead atoms. The summed E-state index contributed by atoms with van der Waals surface area (Å²) in [6, 6.07) is 0. The van der Waals surface area contributed by atoms with Gasteiger partial charge in [0.2, 0.25) is 0 Å². The molecule has 0 aromatic rings. The lowest BCUT2D eigenvalue weighted by molar-refractivity contribution is -0.169. The minimum Gasteiger partial charge on any atom is -0.462 e. The van der Waals surface area contributed by atoms with Crippen LogP contribution in [0.1, 0.15) is 45.4 Å². The second-order valence-corrected chi connectivity index (χ2v) is 4.86. The molecule has 84 valence electrons. The topological polar surface area (TPSA) is 43.4 Å². The summed E-state index contributed by atoms with van der Waals surface area (Å²) < 4.78 is 5.41. The predicted molar refractivity (Wildman–Crippen MR) is 55.2 cm³/mol. The molecule has 0 amide bonds. The molecule has 1 unspecified atom stereocenters. The highest BCUT2D eigenvalue weighted by molar-refractivity contribution is 5.83. The maximum atomic E-state index is 11.6. The van der Waals surface area contributed by atoms with Gasteiger partial charge in [-0.15, -0.1) is 0 Å². The molecule has 1 aliphatic heterocycles. The molecular weight excluding hydrogens is 192 g/mol. The summed E-state index contributed by atoms with van der Waals surface area (Å²) in [6.07, 6.45) is 5.97. The van der Waals surface area contributed by atoms with Crippen molar-refractivity contribution in [1.82, 2.24) is 0 Å². The number of hydrogen-bond acceptors (Lipinski definition) is 3. The fourth-order valence-corrected chi connectivity index (χ4v) is 2.82. The quantitative estimate of drug-likeness (QED) is 0.655. The van der Waals surface area contributed by atoms with Crippen molar-refractivity contribution in [2.45, 2.75) is 51.6 Å². The van der Waals surface area contributed by atoms with Gasteiger partial charge < -0.3 is 9.53 Å². The van der Waals surface area contributed by atoms with E-state index >= 15 is 0 Å². The first kappa shape index (κ1) is 10.7. The van der Waals surface area contributed by atoms with E-state index in [-0.39, 0.29) is 23.8 Å². The van der Waals surface area contributed by atoms with Gasteiger partial charge in [-0.25, -0.2) is 0 Å². The first-order chi connectivity index (χ1) is 7.16. The highest BCUT2D eigenvalue weighted by atomic mass is 16.5. The van der Waals surface area contributed by atoms with E-state index < -0.39 is 0 Å². The van der Waals surface area contributed by atoms with E-state index in [1.165, 1.54) is 12.8 Å². The molecule has 1 saturated carbocycles. The van der Waals surface area contributed by atoms with E-state index in [1.807, 2.05) is 0 Å². The Bertz CT molecular complexity index is 272. The largest absolute Gasteiger partial charge is 0.462 e. The average molecular weight is 210 g/mol. The van der Waals surface area contributed by atoms with Crippen molar-refractivity contribution in [2.24, 2.45) is 11.8 Å². The van der Waals surface area contributed by atoms with E-state index in [0.29, 0.717) is 12.3 Å². The van der Waals surface area contributed by atoms with Crippen LogP contribution in [0.5, 0.6) is 0 Å². The maximum Gasteiger partial charge on any atom is 0.309 e. The monoisotopic (exact) mass is 210 g/mol. The number of Topliss-reactive ketones (excluding diaryl/α,β-unsaturated/α-hetero) is 1. The number of rotatable bonds is 2. The zero-order valence-electron chi connectivity index (χ0n) is 9.20. The number of fused-ring (bicyclic) bond motifs is 1. The molecule has 15 heavy (non-hydrogen) atoms. The van der Waals surface area contributed by atoms with E-state index in [4.69, 9.17) is 4.74 Å². The van der Waals surface area contributed by atoms with E-state index in [9.17, 15) is 9.59 Å². The fraction of sp³-hybridized carbons (Fsp3) is 0.833. The summed E-state index contributed by atoms with van der Waals surface area (Å²) in [5.41, 5.74) is 0. The number of carbonyl (C=O) groups is 2. The van der Waals surface area contributed by atoms with E-state index in [0.717, 1.165) is 19.3 Å². The summed E-state index contributed by atoms with van der Waals surface area (Å²) in [4.78, 5) is 22.6. The van der Waals surface area contributed by atoms with Crippen LogP contribution in [0.15, 0.2) is 0 Å². The Morgan fingerprint density at radius 3 is 2.87 bits per heavy atom. The van der Waals surface area contributed by atoms with Crippen LogP contribution in [0.4, 0.5) is 0 Å². The summed E-state index contributed by atoms with van der Waals surface area (Å²) in [5.74, 6) is 0.294. The van der Waals surface area contributed by atoms with Crippen LogP contribution in [-0.4, -0.2) is 17.9 Å². The molecule has 2 aliphatic rings. The molecular formula is C12H18O3. The summed E-state index contributed by atoms with van der Waals surface area (Å²) in [5, 5.41) is 0. The molecule has 0 aromatic carbocycles. The van der Waals surface area contributed by atoms with E-state index in [1.54, 1.807) is 6.92 Å². The molecule has 3 heteroatoms. The summed E-state index contributed by atoms with van der Waals surface area (Å²) in [7, 11) is 0.